The molecule has 2 rings (SSSR count). The van der Waals surface area contributed by atoms with Gasteiger partial charge < -0.3 is 9.47 Å². The summed E-state index contributed by atoms with van der Waals surface area (Å²) >= 11 is 2.05. The van der Waals surface area contributed by atoms with Gasteiger partial charge in [-0.3, -0.25) is 0 Å². The summed E-state index contributed by atoms with van der Waals surface area (Å²) < 4.78 is 11.9. The van der Waals surface area contributed by atoms with Crippen molar-refractivity contribution in [2.75, 3.05) is 6.79 Å². The number of para-hydroxylation sites is 2. The van der Waals surface area contributed by atoms with E-state index in [9.17, 15) is 0 Å². The summed E-state index contributed by atoms with van der Waals surface area (Å²) in [4.78, 5) is 0. The van der Waals surface area contributed by atoms with E-state index >= 15 is 0 Å². The van der Waals surface area contributed by atoms with Crippen LogP contribution in [0.1, 0.15) is 0 Å². The first kappa shape index (κ1) is 9.38. The molecule has 0 aliphatic carbocycles. The quantitative estimate of drug-likeness (QED) is 0.678. The molecule has 1 aromatic rings. The Hall–Kier alpha value is -0.710. The lowest BCUT2D eigenvalue weighted by atomic mass is 10.3. The first-order valence-electron chi connectivity index (χ1n) is 3.44. The van der Waals surface area contributed by atoms with E-state index < -0.39 is 0 Å². The molecule has 2 nitrogen and oxygen atoms in total. The zero-order chi connectivity index (χ0) is 8.81. The number of ether oxygens (including phenoxy) is 2. The van der Waals surface area contributed by atoms with Crippen LogP contribution in [0.4, 0.5) is 0 Å². The minimum atomic E-state index is 0.360. The van der Waals surface area contributed by atoms with Crippen molar-refractivity contribution in [3.63, 3.8) is 0 Å². The number of rotatable bonds is 0. The second-order valence-corrected chi connectivity index (χ2v) is 2.89. The van der Waals surface area contributed by atoms with Gasteiger partial charge in [-0.25, -0.2) is 0 Å². The van der Waals surface area contributed by atoms with E-state index in [4.69, 9.17) is 9.47 Å². The molecule has 1 aliphatic rings. The third-order valence-corrected chi connectivity index (χ3v) is 1.28. The topological polar surface area (TPSA) is 18.5 Å². The number of hydrogen-bond donors (Lipinski definition) is 0. The molecule has 0 atom stereocenters. The zero-order valence-electron chi connectivity index (χ0n) is 6.50. The average Bonchev–Trinajstić information content (AvgIpc) is 2.52. The lowest BCUT2D eigenvalue weighted by Crippen LogP contribution is -1.92. The van der Waals surface area contributed by atoms with Gasteiger partial charge in [-0.2, -0.15) is 0 Å². The maximum atomic E-state index is 5.08. The SMILES string of the molecule is C=CI.c1ccc2c(c1)OCO2. The molecule has 1 aliphatic heterocycles. The number of halogens is 1. The first-order chi connectivity index (χ1) is 5.88. The molecule has 0 aromatic heterocycles. The van der Waals surface area contributed by atoms with Crippen LogP contribution in [0.2, 0.25) is 0 Å². The van der Waals surface area contributed by atoms with E-state index in [1.54, 1.807) is 4.08 Å². The molecule has 1 heterocycles. The van der Waals surface area contributed by atoms with Crippen LogP contribution in [0.25, 0.3) is 0 Å². The largest absolute Gasteiger partial charge is 0.454 e. The molecule has 0 saturated heterocycles. The Balaban J connectivity index is 0.000000213. The maximum absolute atomic E-state index is 5.08. The molecule has 0 saturated carbocycles. The smallest absolute Gasteiger partial charge is 0.231 e. The van der Waals surface area contributed by atoms with Crippen molar-refractivity contribution in [2.24, 2.45) is 0 Å². The summed E-state index contributed by atoms with van der Waals surface area (Å²) in [6.07, 6.45) is 0. The van der Waals surface area contributed by atoms with Gasteiger partial charge in [0, 0.05) is 0 Å². The Morgan fingerprint density at radius 1 is 1.25 bits per heavy atom. The standard InChI is InChI=1S/C7H6O2.C2H3I/c1-2-4-7-6(3-1)8-5-9-7;1-2-3/h1-4H,5H2;2H,1H2. The zero-order valence-corrected chi connectivity index (χ0v) is 8.65. The van der Waals surface area contributed by atoms with Crippen molar-refractivity contribution in [1.82, 2.24) is 0 Å². The van der Waals surface area contributed by atoms with Crippen molar-refractivity contribution in [3.8, 4) is 11.5 Å². The summed E-state index contributed by atoms with van der Waals surface area (Å²) in [5.41, 5.74) is 0. The van der Waals surface area contributed by atoms with Crippen molar-refractivity contribution >= 4 is 22.6 Å². The second kappa shape index (κ2) is 5.03. The lowest BCUT2D eigenvalue weighted by molar-refractivity contribution is 0.174. The molecular weight excluding hydrogens is 267 g/mol. The highest BCUT2D eigenvalue weighted by atomic mass is 127. The van der Waals surface area contributed by atoms with Crippen molar-refractivity contribution in [1.29, 1.82) is 0 Å². The van der Waals surface area contributed by atoms with Gasteiger partial charge in [-0.15, -0.1) is 0 Å². The number of fused-ring (bicyclic) bond motifs is 1. The Labute approximate surface area is 85.3 Å². The van der Waals surface area contributed by atoms with E-state index in [1.165, 1.54) is 0 Å². The fourth-order valence-corrected chi connectivity index (χ4v) is 0.845. The van der Waals surface area contributed by atoms with Gasteiger partial charge >= 0.3 is 0 Å². The Morgan fingerprint density at radius 2 is 1.67 bits per heavy atom. The second-order valence-electron chi connectivity index (χ2n) is 2.01. The van der Waals surface area contributed by atoms with Crippen LogP contribution in [-0.4, -0.2) is 6.79 Å². The van der Waals surface area contributed by atoms with Gasteiger partial charge in [0.1, 0.15) is 0 Å². The molecular formula is C9H9IO2. The normalized spacial score (nSPS) is 11.4. The molecule has 64 valence electrons. The first-order valence-corrected chi connectivity index (χ1v) is 4.69. The van der Waals surface area contributed by atoms with E-state index in [0.717, 1.165) is 11.5 Å². The maximum Gasteiger partial charge on any atom is 0.231 e. The van der Waals surface area contributed by atoms with Crippen LogP contribution in [0, 0.1) is 0 Å². The predicted octanol–water partition coefficient (Wildman–Crippen LogP) is 2.98. The Bertz CT molecular complexity index is 237. The minimum absolute atomic E-state index is 0.360. The van der Waals surface area contributed by atoms with Gasteiger partial charge in [0.15, 0.2) is 11.5 Å². The van der Waals surface area contributed by atoms with Gasteiger partial charge in [0.05, 0.1) is 0 Å². The van der Waals surface area contributed by atoms with E-state index in [2.05, 4.69) is 29.2 Å². The third kappa shape index (κ3) is 2.41. The fourth-order valence-electron chi connectivity index (χ4n) is 0.845. The van der Waals surface area contributed by atoms with Gasteiger partial charge in [-0.1, -0.05) is 41.3 Å². The molecule has 0 amide bonds. The van der Waals surface area contributed by atoms with Gasteiger partial charge in [0.2, 0.25) is 6.79 Å². The lowest BCUT2D eigenvalue weighted by Gasteiger charge is -1.89. The highest BCUT2D eigenvalue weighted by Crippen LogP contribution is 2.30. The van der Waals surface area contributed by atoms with E-state index in [0.29, 0.717) is 6.79 Å². The summed E-state index contributed by atoms with van der Waals surface area (Å²) in [5, 5.41) is 0. The molecule has 0 spiro atoms. The molecule has 3 heteroatoms. The Morgan fingerprint density at radius 3 is 2.08 bits per heavy atom. The van der Waals surface area contributed by atoms with E-state index in [-0.39, 0.29) is 0 Å². The summed E-state index contributed by atoms with van der Waals surface area (Å²) in [5.74, 6) is 1.69. The fraction of sp³-hybridized carbons (Fsp3) is 0.111. The van der Waals surface area contributed by atoms with Crippen LogP contribution in [-0.2, 0) is 0 Å². The van der Waals surface area contributed by atoms with Crippen molar-refractivity contribution < 1.29 is 9.47 Å². The molecule has 0 bridgehead atoms. The monoisotopic (exact) mass is 276 g/mol. The van der Waals surface area contributed by atoms with Crippen LogP contribution < -0.4 is 9.47 Å². The molecule has 12 heavy (non-hydrogen) atoms. The third-order valence-electron chi connectivity index (χ3n) is 1.28. The Kier molecular flexibility index (Phi) is 3.93. The number of hydrogen-bond acceptors (Lipinski definition) is 2. The van der Waals surface area contributed by atoms with Crippen LogP contribution in [0.5, 0.6) is 11.5 Å². The van der Waals surface area contributed by atoms with E-state index in [1.807, 2.05) is 24.3 Å². The minimum Gasteiger partial charge on any atom is -0.454 e. The molecule has 0 radical (unpaired) electrons. The summed E-state index contributed by atoms with van der Waals surface area (Å²) in [6, 6.07) is 7.63. The highest BCUT2D eigenvalue weighted by molar-refractivity contribution is 14.1. The van der Waals surface area contributed by atoms with Crippen LogP contribution >= 0.6 is 22.6 Å². The molecule has 1 aromatic carbocycles. The van der Waals surface area contributed by atoms with Crippen molar-refractivity contribution in [3.05, 3.63) is 34.9 Å². The average molecular weight is 276 g/mol. The number of benzene rings is 1. The molecule has 0 N–H and O–H groups in total. The van der Waals surface area contributed by atoms with Gasteiger partial charge in [-0.05, 0) is 16.2 Å². The highest BCUT2D eigenvalue weighted by Gasteiger charge is 2.09. The summed E-state index contributed by atoms with van der Waals surface area (Å²) in [7, 11) is 0. The van der Waals surface area contributed by atoms with Crippen LogP contribution in [0.15, 0.2) is 34.9 Å². The van der Waals surface area contributed by atoms with Crippen molar-refractivity contribution in [2.45, 2.75) is 0 Å². The van der Waals surface area contributed by atoms with Crippen LogP contribution in [0.3, 0.4) is 0 Å². The molecule has 0 unspecified atom stereocenters. The molecule has 0 fully saturated rings. The predicted molar refractivity (Wildman–Crippen MR) is 56.8 cm³/mol. The van der Waals surface area contributed by atoms with Gasteiger partial charge in [0.25, 0.3) is 0 Å². The summed E-state index contributed by atoms with van der Waals surface area (Å²) in [6.45, 7) is 3.71.